The molecule has 0 aliphatic heterocycles. The zero-order chi connectivity index (χ0) is 23.1. The van der Waals surface area contributed by atoms with Crippen LogP contribution in [0.3, 0.4) is 0 Å². The average molecular weight is 428 g/mol. The van der Waals surface area contributed by atoms with Crippen LogP contribution in [-0.4, -0.2) is 38.9 Å². The first kappa shape index (κ1) is 22.3. The Kier molecular flexibility index (Phi) is 7.04. The van der Waals surface area contributed by atoms with Gasteiger partial charge in [-0.25, -0.2) is 4.79 Å². The number of carbonyl (C=O) groups is 3. The molecule has 6 nitrogen and oxygen atoms in total. The molecule has 0 radical (unpaired) electrons. The lowest BCUT2D eigenvalue weighted by Crippen LogP contribution is -2.14. The molecule has 3 rings (SSSR count). The largest absolute Gasteiger partial charge is 0.493 e. The number of carbonyl (C=O) groups excluding carboxylic acids is 3. The fourth-order valence-corrected chi connectivity index (χ4v) is 2.93. The summed E-state index contributed by atoms with van der Waals surface area (Å²) in [5.74, 6) is 5.04. The average Bonchev–Trinajstić information content (AvgIpc) is 2.86. The second-order valence-corrected chi connectivity index (χ2v) is 6.63. The molecule has 0 fully saturated rings. The van der Waals surface area contributed by atoms with E-state index < -0.39 is 17.5 Å². The van der Waals surface area contributed by atoms with E-state index in [4.69, 9.17) is 9.47 Å². The van der Waals surface area contributed by atoms with Crippen LogP contribution >= 0.6 is 0 Å². The Labute approximate surface area is 185 Å². The summed E-state index contributed by atoms with van der Waals surface area (Å²) in [6, 6.07) is 17.8. The molecule has 0 unspecified atom stereocenters. The maximum Gasteiger partial charge on any atom is 0.337 e. The van der Waals surface area contributed by atoms with Crippen molar-refractivity contribution in [2.75, 3.05) is 21.3 Å². The number of Topliss-reactive ketones (excluding diaryl/α,β-unsaturated/α-hetero) is 2. The lowest BCUT2D eigenvalue weighted by atomic mass is 9.99. The Balaban J connectivity index is 1.80. The molecule has 0 heterocycles. The molecule has 0 N–H and O–H groups in total. The van der Waals surface area contributed by atoms with Gasteiger partial charge < -0.3 is 14.2 Å². The molecular formula is C26H20O6. The standard InChI is InChI=1S/C26H20O6/c1-30-22-14-13-21(16-23(22)31-2)25(28)24(27)20-6-4-5-18(15-20)8-7-17-9-11-19(12-10-17)26(29)32-3/h4-6,9-16H,1-3H3. The van der Waals surface area contributed by atoms with Crippen LogP contribution < -0.4 is 9.47 Å². The molecule has 0 aliphatic carbocycles. The smallest absolute Gasteiger partial charge is 0.337 e. The number of ether oxygens (including phenoxy) is 3. The molecule has 0 saturated heterocycles. The fraction of sp³-hybridized carbons (Fsp3) is 0.115. The maximum absolute atomic E-state index is 12.7. The molecule has 160 valence electrons. The van der Waals surface area contributed by atoms with Gasteiger partial charge in [0.1, 0.15) is 0 Å². The first-order chi connectivity index (χ1) is 15.5. The van der Waals surface area contributed by atoms with E-state index in [1.165, 1.54) is 33.5 Å². The maximum atomic E-state index is 12.7. The number of benzene rings is 3. The van der Waals surface area contributed by atoms with Crippen LogP contribution in [0.5, 0.6) is 11.5 Å². The van der Waals surface area contributed by atoms with Crippen molar-refractivity contribution in [1.29, 1.82) is 0 Å². The molecule has 0 aliphatic rings. The minimum atomic E-state index is -0.658. The highest BCUT2D eigenvalue weighted by Gasteiger charge is 2.20. The molecule has 0 spiro atoms. The van der Waals surface area contributed by atoms with E-state index >= 15 is 0 Å². The quantitative estimate of drug-likeness (QED) is 0.256. The van der Waals surface area contributed by atoms with Crippen LogP contribution in [0.25, 0.3) is 0 Å². The summed E-state index contributed by atoms with van der Waals surface area (Å²) in [4.78, 5) is 36.9. The highest BCUT2D eigenvalue weighted by molar-refractivity contribution is 6.49. The molecule has 0 atom stereocenters. The molecule has 3 aromatic rings. The van der Waals surface area contributed by atoms with Gasteiger partial charge in [-0.3, -0.25) is 9.59 Å². The molecular weight excluding hydrogens is 408 g/mol. The third kappa shape index (κ3) is 5.02. The van der Waals surface area contributed by atoms with Crippen molar-refractivity contribution in [2.24, 2.45) is 0 Å². The van der Waals surface area contributed by atoms with Gasteiger partial charge in [0.25, 0.3) is 0 Å². The van der Waals surface area contributed by atoms with Gasteiger partial charge in [-0.1, -0.05) is 24.0 Å². The lowest BCUT2D eigenvalue weighted by Gasteiger charge is -2.08. The van der Waals surface area contributed by atoms with Crippen molar-refractivity contribution < 1.29 is 28.6 Å². The van der Waals surface area contributed by atoms with Crippen LogP contribution in [0.2, 0.25) is 0 Å². The number of rotatable bonds is 6. The van der Waals surface area contributed by atoms with E-state index in [0.717, 1.165) is 0 Å². The number of ketones is 2. The van der Waals surface area contributed by atoms with Crippen molar-refractivity contribution in [3.05, 3.63) is 94.5 Å². The van der Waals surface area contributed by atoms with E-state index in [9.17, 15) is 14.4 Å². The molecule has 0 saturated carbocycles. The van der Waals surface area contributed by atoms with Crippen molar-refractivity contribution in [2.45, 2.75) is 0 Å². The monoisotopic (exact) mass is 428 g/mol. The Morgan fingerprint density at radius 2 is 1.22 bits per heavy atom. The third-order valence-electron chi connectivity index (χ3n) is 4.63. The SMILES string of the molecule is COC(=O)c1ccc(C#Cc2cccc(C(=O)C(=O)c3ccc(OC)c(OC)c3)c2)cc1. The first-order valence-corrected chi connectivity index (χ1v) is 9.58. The van der Waals surface area contributed by atoms with Crippen LogP contribution in [0.1, 0.15) is 42.2 Å². The van der Waals surface area contributed by atoms with Gasteiger partial charge in [0.05, 0.1) is 26.9 Å². The van der Waals surface area contributed by atoms with Gasteiger partial charge in [-0.2, -0.15) is 0 Å². The van der Waals surface area contributed by atoms with E-state index in [2.05, 4.69) is 16.6 Å². The summed E-state index contributed by atoms with van der Waals surface area (Å²) in [5, 5.41) is 0. The van der Waals surface area contributed by atoms with Crippen molar-refractivity contribution >= 4 is 17.5 Å². The summed E-state index contributed by atoms with van der Waals surface area (Å²) in [7, 11) is 4.27. The number of esters is 1. The highest BCUT2D eigenvalue weighted by atomic mass is 16.5. The topological polar surface area (TPSA) is 78.9 Å². The molecule has 0 aromatic heterocycles. The Morgan fingerprint density at radius 3 is 1.84 bits per heavy atom. The van der Waals surface area contributed by atoms with Gasteiger partial charge in [0.2, 0.25) is 11.6 Å². The number of hydrogen-bond donors (Lipinski definition) is 0. The third-order valence-corrected chi connectivity index (χ3v) is 4.63. The zero-order valence-electron chi connectivity index (χ0n) is 17.8. The molecule has 6 heteroatoms. The number of methoxy groups -OCH3 is 3. The second kappa shape index (κ2) is 10.1. The van der Waals surface area contributed by atoms with E-state index in [1.54, 1.807) is 54.6 Å². The minimum absolute atomic E-state index is 0.204. The van der Waals surface area contributed by atoms with Crippen molar-refractivity contribution in [1.82, 2.24) is 0 Å². The molecule has 0 amide bonds. The van der Waals surface area contributed by atoms with E-state index in [1.807, 2.05) is 0 Å². The fourth-order valence-electron chi connectivity index (χ4n) is 2.93. The summed E-state index contributed by atoms with van der Waals surface area (Å²) < 4.78 is 15.0. The van der Waals surface area contributed by atoms with Crippen molar-refractivity contribution in [3.63, 3.8) is 0 Å². The second-order valence-electron chi connectivity index (χ2n) is 6.63. The highest BCUT2D eigenvalue weighted by Crippen LogP contribution is 2.28. The predicted octanol–water partition coefficient (Wildman–Crippen LogP) is 3.96. The zero-order valence-corrected chi connectivity index (χ0v) is 17.8. The first-order valence-electron chi connectivity index (χ1n) is 9.58. The van der Waals surface area contributed by atoms with E-state index in [0.29, 0.717) is 28.2 Å². The van der Waals surface area contributed by atoms with Gasteiger partial charge in [-0.05, 0) is 54.6 Å². The van der Waals surface area contributed by atoms with Gasteiger partial charge in [-0.15, -0.1) is 0 Å². The van der Waals surface area contributed by atoms with Crippen LogP contribution in [0.4, 0.5) is 0 Å². The minimum Gasteiger partial charge on any atom is -0.493 e. The normalized spacial score (nSPS) is 9.84. The molecule has 32 heavy (non-hydrogen) atoms. The van der Waals surface area contributed by atoms with Crippen LogP contribution in [-0.2, 0) is 4.74 Å². The van der Waals surface area contributed by atoms with Gasteiger partial charge in [0, 0.05) is 22.3 Å². The summed E-state index contributed by atoms with van der Waals surface area (Å²) >= 11 is 0. The van der Waals surface area contributed by atoms with Crippen LogP contribution in [0.15, 0.2) is 66.7 Å². The molecule has 0 bridgehead atoms. The summed E-state index contributed by atoms with van der Waals surface area (Å²) in [6.07, 6.45) is 0. The van der Waals surface area contributed by atoms with Gasteiger partial charge in [0.15, 0.2) is 11.5 Å². The Bertz CT molecular complexity index is 1230. The summed E-state index contributed by atoms with van der Waals surface area (Å²) in [6.45, 7) is 0. The predicted molar refractivity (Wildman–Crippen MR) is 118 cm³/mol. The van der Waals surface area contributed by atoms with Gasteiger partial charge >= 0.3 is 5.97 Å². The van der Waals surface area contributed by atoms with Crippen molar-refractivity contribution in [3.8, 4) is 23.3 Å². The Morgan fingerprint density at radius 1 is 0.625 bits per heavy atom. The number of hydrogen-bond acceptors (Lipinski definition) is 6. The lowest BCUT2D eigenvalue weighted by molar-refractivity contribution is 0.0600. The molecule has 3 aromatic carbocycles. The van der Waals surface area contributed by atoms with Crippen LogP contribution in [0, 0.1) is 11.8 Å². The van der Waals surface area contributed by atoms with E-state index in [-0.39, 0.29) is 11.1 Å². The summed E-state index contributed by atoms with van der Waals surface area (Å²) in [5.41, 5.74) is 2.13. The Hall–Kier alpha value is -4.37.